The fraction of sp³-hybridized carbons (Fsp3) is 0.133. The molecule has 0 spiro atoms. The zero-order valence-corrected chi connectivity index (χ0v) is 17.7. The maximum absolute atomic E-state index is 11.1. The standard InChI is InChI=1S/C15H12I3NO4/c16-9-6-8(1-2-13(9)20)23-14-10(17)3-7(4-11(14)18)5-12(19)15(21)22/h1-4,6,12,20H,5,19H2,(H,21,22)/t12-/m0/s1/i3D,4D,5D2. The highest BCUT2D eigenvalue weighted by atomic mass is 127. The summed E-state index contributed by atoms with van der Waals surface area (Å²) in [5.74, 6) is -0.940. The van der Waals surface area contributed by atoms with Crippen LogP contribution in [0.4, 0.5) is 0 Å². The van der Waals surface area contributed by atoms with E-state index in [0.29, 0.717) is 9.32 Å². The van der Waals surface area contributed by atoms with E-state index in [1.54, 1.807) is 51.2 Å². The molecule has 5 nitrogen and oxygen atoms in total. The third-order valence-corrected chi connectivity index (χ3v) is 4.96. The van der Waals surface area contributed by atoms with Crippen LogP contribution in [0, 0.1) is 10.7 Å². The highest BCUT2D eigenvalue weighted by Gasteiger charge is 2.16. The molecule has 122 valence electrons. The number of aromatic hydroxyl groups is 1. The van der Waals surface area contributed by atoms with Crippen LogP contribution >= 0.6 is 67.8 Å². The van der Waals surface area contributed by atoms with Gasteiger partial charge in [-0.15, -0.1) is 0 Å². The van der Waals surface area contributed by atoms with Crippen molar-refractivity contribution in [3.8, 4) is 17.2 Å². The second kappa shape index (κ2) is 8.16. The molecule has 23 heavy (non-hydrogen) atoms. The molecule has 0 fully saturated rings. The van der Waals surface area contributed by atoms with Gasteiger partial charge in [-0.25, -0.2) is 0 Å². The van der Waals surface area contributed by atoms with Gasteiger partial charge >= 0.3 is 5.97 Å². The minimum absolute atomic E-state index is 0.0842. The van der Waals surface area contributed by atoms with Crippen molar-refractivity contribution in [3.63, 3.8) is 0 Å². The molecule has 0 aliphatic carbocycles. The summed E-state index contributed by atoms with van der Waals surface area (Å²) < 4.78 is 39.4. The average molecular weight is 655 g/mol. The van der Waals surface area contributed by atoms with Crippen molar-refractivity contribution < 1.29 is 25.2 Å². The highest BCUT2D eigenvalue weighted by Crippen LogP contribution is 2.34. The summed E-state index contributed by atoms with van der Waals surface area (Å²) >= 11 is 5.50. The van der Waals surface area contributed by atoms with E-state index in [1.807, 2.05) is 22.6 Å². The normalized spacial score (nSPS) is 15.1. The number of hydrogen-bond donors (Lipinski definition) is 3. The highest BCUT2D eigenvalue weighted by molar-refractivity contribution is 14.1. The van der Waals surface area contributed by atoms with E-state index in [4.69, 9.17) is 21.1 Å². The molecule has 0 unspecified atom stereocenters. The predicted octanol–water partition coefficient (Wildman–Crippen LogP) is 3.95. The maximum atomic E-state index is 11.1. The van der Waals surface area contributed by atoms with Gasteiger partial charge in [0.05, 0.1) is 13.5 Å². The molecule has 2 aromatic rings. The van der Waals surface area contributed by atoms with Crippen molar-refractivity contribution in [1.82, 2.24) is 0 Å². The molecule has 0 amide bonds. The van der Waals surface area contributed by atoms with Gasteiger partial charge in [0.15, 0.2) is 5.75 Å². The van der Waals surface area contributed by atoms with Gasteiger partial charge in [-0.05, 0) is 110 Å². The van der Waals surface area contributed by atoms with Gasteiger partial charge in [0.25, 0.3) is 0 Å². The van der Waals surface area contributed by atoms with Gasteiger partial charge in [0.1, 0.15) is 17.5 Å². The summed E-state index contributed by atoms with van der Waals surface area (Å²) in [4.78, 5) is 11.1. The molecule has 0 aromatic heterocycles. The number of phenols is 1. The van der Waals surface area contributed by atoms with Crippen molar-refractivity contribution in [2.24, 2.45) is 5.73 Å². The minimum Gasteiger partial charge on any atom is -0.507 e. The van der Waals surface area contributed by atoms with E-state index in [2.05, 4.69) is 0 Å². The largest absolute Gasteiger partial charge is 0.507 e. The summed E-state index contributed by atoms with van der Waals surface area (Å²) in [5.41, 5.74) is 5.05. The Hall–Kier alpha value is -0.340. The summed E-state index contributed by atoms with van der Waals surface area (Å²) in [5, 5.41) is 18.7. The third-order valence-electron chi connectivity index (χ3n) is 2.57. The Morgan fingerprint density at radius 3 is 2.43 bits per heavy atom. The first-order valence-electron chi connectivity index (χ1n) is 8.03. The average Bonchev–Trinajstić information content (AvgIpc) is 2.59. The van der Waals surface area contributed by atoms with Crippen LogP contribution in [0.1, 0.15) is 11.0 Å². The number of carbonyl (C=O) groups is 1. The molecule has 0 saturated carbocycles. The van der Waals surface area contributed by atoms with Crippen molar-refractivity contribution in [2.75, 3.05) is 0 Å². The first-order chi connectivity index (χ1) is 12.4. The maximum Gasteiger partial charge on any atom is 0.320 e. The Bertz CT molecular complexity index is 897. The summed E-state index contributed by atoms with van der Waals surface area (Å²) in [7, 11) is 0. The van der Waals surface area contributed by atoms with E-state index in [-0.39, 0.29) is 30.7 Å². The summed E-state index contributed by atoms with van der Waals surface area (Å²) in [6.45, 7) is 0. The molecule has 1 atom stereocenters. The predicted molar refractivity (Wildman–Crippen MR) is 112 cm³/mol. The molecule has 2 aromatic carbocycles. The fourth-order valence-electron chi connectivity index (χ4n) is 1.51. The van der Waals surface area contributed by atoms with E-state index in [9.17, 15) is 9.90 Å². The second-order valence-corrected chi connectivity index (χ2v) is 7.58. The Balaban J connectivity index is 2.61. The van der Waals surface area contributed by atoms with Gasteiger partial charge < -0.3 is 20.7 Å². The molecule has 0 aliphatic rings. The van der Waals surface area contributed by atoms with Gasteiger partial charge in [0, 0.05) is 2.74 Å². The zero-order valence-electron chi connectivity index (χ0n) is 15.2. The van der Waals surface area contributed by atoms with E-state index in [0.717, 1.165) is 0 Å². The van der Waals surface area contributed by atoms with Crippen LogP contribution in [-0.2, 0) is 11.2 Å². The van der Waals surface area contributed by atoms with Crippen molar-refractivity contribution >= 4 is 73.7 Å². The van der Waals surface area contributed by atoms with Crippen LogP contribution in [0.15, 0.2) is 30.3 Å². The Morgan fingerprint density at radius 1 is 1.30 bits per heavy atom. The van der Waals surface area contributed by atoms with Crippen molar-refractivity contribution in [3.05, 3.63) is 46.6 Å². The van der Waals surface area contributed by atoms with E-state index in [1.165, 1.54) is 12.1 Å². The molecular formula is C15H12I3NO4. The number of benzene rings is 2. The number of nitrogens with two attached hydrogens (primary N) is 1. The van der Waals surface area contributed by atoms with Crippen LogP contribution in [0.2, 0.25) is 0 Å². The Morgan fingerprint density at radius 2 is 1.91 bits per heavy atom. The lowest BCUT2D eigenvalue weighted by Gasteiger charge is -2.13. The molecule has 0 heterocycles. The molecule has 2 rings (SSSR count). The smallest absolute Gasteiger partial charge is 0.320 e. The van der Waals surface area contributed by atoms with Crippen LogP contribution in [0.25, 0.3) is 0 Å². The molecule has 0 saturated heterocycles. The lowest BCUT2D eigenvalue weighted by atomic mass is 10.1. The number of halogens is 3. The van der Waals surface area contributed by atoms with Gasteiger partial charge in [-0.3, -0.25) is 4.79 Å². The van der Waals surface area contributed by atoms with Gasteiger partial charge in [-0.1, -0.05) is 0 Å². The number of hydrogen-bond acceptors (Lipinski definition) is 4. The molecular weight excluding hydrogens is 639 g/mol. The van der Waals surface area contributed by atoms with Crippen LogP contribution in [0.5, 0.6) is 17.2 Å². The van der Waals surface area contributed by atoms with Crippen LogP contribution in [-0.4, -0.2) is 22.2 Å². The summed E-state index contributed by atoms with van der Waals surface area (Å²) in [6, 6.07) is 1.90. The summed E-state index contributed by atoms with van der Waals surface area (Å²) in [6.07, 6.45) is -2.62. The van der Waals surface area contributed by atoms with Crippen molar-refractivity contribution in [1.29, 1.82) is 0 Å². The Labute approximate surface area is 179 Å². The number of ether oxygens (including phenoxy) is 1. The molecule has 4 N–H and O–H groups in total. The number of phenolic OH excluding ortho intramolecular Hbond substituents is 1. The fourth-order valence-corrected chi connectivity index (χ4v) is 3.81. The van der Waals surface area contributed by atoms with Crippen LogP contribution < -0.4 is 10.5 Å². The minimum atomic E-state index is -2.62. The number of aliphatic carboxylic acids is 1. The van der Waals surface area contributed by atoms with E-state index < -0.39 is 23.9 Å². The first-order valence-corrected chi connectivity index (χ1v) is 9.26. The Kier molecular flexibility index (Phi) is 4.93. The molecule has 0 bridgehead atoms. The number of rotatable bonds is 5. The lowest BCUT2D eigenvalue weighted by Crippen LogP contribution is -2.32. The molecule has 8 heteroatoms. The second-order valence-electron chi connectivity index (χ2n) is 4.26. The van der Waals surface area contributed by atoms with E-state index >= 15 is 0 Å². The van der Waals surface area contributed by atoms with Crippen LogP contribution in [0.3, 0.4) is 0 Å². The van der Waals surface area contributed by atoms with Gasteiger partial charge in [0.2, 0.25) is 0 Å². The van der Waals surface area contributed by atoms with Gasteiger partial charge in [-0.2, -0.15) is 0 Å². The van der Waals surface area contributed by atoms with Crippen molar-refractivity contribution in [2.45, 2.75) is 12.4 Å². The quantitative estimate of drug-likeness (QED) is 0.425. The number of carboxylic acids is 1. The zero-order chi connectivity index (χ0) is 20.7. The lowest BCUT2D eigenvalue weighted by molar-refractivity contribution is -0.138. The SMILES string of the molecule is [2H]c1c(I)c(Oc2ccc(O)c(I)c2)c(I)c([2H])c1C([2H])([2H])[C@H](N)C(=O)O. The number of carboxylic acid groups (broad SMARTS) is 1. The monoisotopic (exact) mass is 655 g/mol. The molecule has 0 aliphatic heterocycles. The molecule has 0 radical (unpaired) electrons. The topological polar surface area (TPSA) is 92.8 Å². The third kappa shape index (κ3) is 5.06. The first kappa shape index (κ1) is 13.9.